The number of ether oxygens (including phenoxy) is 1. The molecule has 0 fully saturated rings. The number of hydrogen-bond donors (Lipinski definition) is 1. The number of rotatable bonds is 4. The molecule has 0 radical (unpaired) electrons. The molecule has 0 unspecified atom stereocenters. The van der Waals surface area contributed by atoms with Crippen LogP contribution in [0.3, 0.4) is 0 Å². The summed E-state index contributed by atoms with van der Waals surface area (Å²) in [5.74, 6) is 0.672. The van der Waals surface area contributed by atoms with Crippen LogP contribution in [0, 0.1) is 0 Å². The van der Waals surface area contributed by atoms with Gasteiger partial charge in [0.05, 0.1) is 12.3 Å². The van der Waals surface area contributed by atoms with E-state index in [-0.39, 0.29) is 6.61 Å². The third-order valence-corrected chi connectivity index (χ3v) is 2.84. The van der Waals surface area contributed by atoms with Crippen molar-refractivity contribution in [1.29, 1.82) is 0 Å². The predicted molar refractivity (Wildman–Crippen MR) is 68.6 cm³/mol. The molecule has 0 atom stereocenters. The minimum absolute atomic E-state index is 0.0719. The third-order valence-electron chi connectivity index (χ3n) is 2.27. The van der Waals surface area contributed by atoms with Gasteiger partial charge in [-0.2, -0.15) is 0 Å². The SMILES string of the molecule is OCc1ccc(OCc2ccccc2)c(Br)n1. The summed E-state index contributed by atoms with van der Waals surface area (Å²) in [4.78, 5) is 4.15. The number of nitrogens with zero attached hydrogens (tertiary/aromatic N) is 1. The van der Waals surface area contributed by atoms with Gasteiger partial charge in [0.1, 0.15) is 11.2 Å². The maximum atomic E-state index is 8.94. The minimum atomic E-state index is -0.0719. The Bertz CT molecular complexity index is 488. The highest BCUT2D eigenvalue weighted by Crippen LogP contribution is 2.23. The summed E-state index contributed by atoms with van der Waals surface area (Å²) in [7, 11) is 0. The monoisotopic (exact) mass is 293 g/mol. The van der Waals surface area contributed by atoms with E-state index in [1.54, 1.807) is 12.1 Å². The Morgan fingerprint density at radius 3 is 2.53 bits per heavy atom. The molecule has 0 bridgehead atoms. The van der Waals surface area contributed by atoms with Crippen molar-refractivity contribution in [1.82, 2.24) is 4.98 Å². The zero-order chi connectivity index (χ0) is 12.1. The molecule has 0 saturated heterocycles. The highest BCUT2D eigenvalue weighted by Gasteiger charge is 2.04. The Hall–Kier alpha value is -1.39. The van der Waals surface area contributed by atoms with Crippen LogP contribution in [0.4, 0.5) is 0 Å². The van der Waals surface area contributed by atoms with E-state index in [1.165, 1.54) is 0 Å². The largest absolute Gasteiger partial charge is 0.486 e. The lowest BCUT2D eigenvalue weighted by atomic mass is 10.2. The van der Waals surface area contributed by atoms with Crippen molar-refractivity contribution < 1.29 is 9.84 Å². The molecule has 88 valence electrons. The maximum absolute atomic E-state index is 8.94. The molecule has 0 aliphatic rings. The molecule has 3 nitrogen and oxygen atoms in total. The van der Waals surface area contributed by atoms with Gasteiger partial charge < -0.3 is 9.84 Å². The number of pyridine rings is 1. The third kappa shape index (κ3) is 3.28. The lowest BCUT2D eigenvalue weighted by molar-refractivity contribution is 0.274. The van der Waals surface area contributed by atoms with Gasteiger partial charge in [-0.1, -0.05) is 30.3 Å². The Morgan fingerprint density at radius 2 is 1.88 bits per heavy atom. The first-order chi connectivity index (χ1) is 8.29. The van der Waals surface area contributed by atoms with Gasteiger partial charge in [-0.3, -0.25) is 0 Å². The van der Waals surface area contributed by atoms with Crippen molar-refractivity contribution in [3.05, 3.63) is 58.3 Å². The fourth-order valence-electron chi connectivity index (χ4n) is 1.39. The van der Waals surface area contributed by atoms with Gasteiger partial charge >= 0.3 is 0 Å². The summed E-state index contributed by atoms with van der Waals surface area (Å²) in [6, 6.07) is 13.5. The number of aromatic nitrogens is 1. The quantitative estimate of drug-likeness (QED) is 0.882. The van der Waals surface area contributed by atoms with Gasteiger partial charge in [0, 0.05) is 0 Å². The van der Waals surface area contributed by atoms with Crippen LogP contribution >= 0.6 is 15.9 Å². The standard InChI is InChI=1S/C13H12BrNO2/c14-13-12(7-6-11(8-16)15-13)17-9-10-4-2-1-3-5-10/h1-7,16H,8-9H2. The van der Waals surface area contributed by atoms with Crippen molar-refractivity contribution in [2.45, 2.75) is 13.2 Å². The molecule has 1 heterocycles. The van der Waals surface area contributed by atoms with E-state index in [9.17, 15) is 0 Å². The van der Waals surface area contributed by atoms with Crippen LogP contribution in [0.25, 0.3) is 0 Å². The summed E-state index contributed by atoms with van der Waals surface area (Å²) >= 11 is 3.31. The van der Waals surface area contributed by atoms with Crippen LogP contribution in [0.2, 0.25) is 0 Å². The summed E-state index contributed by atoms with van der Waals surface area (Å²) in [5.41, 5.74) is 1.72. The number of aliphatic hydroxyl groups excluding tert-OH is 1. The van der Waals surface area contributed by atoms with E-state index >= 15 is 0 Å². The average molecular weight is 294 g/mol. The van der Waals surface area contributed by atoms with Gasteiger partial charge in [0.15, 0.2) is 5.75 Å². The highest BCUT2D eigenvalue weighted by molar-refractivity contribution is 9.10. The first kappa shape index (κ1) is 12.1. The zero-order valence-corrected chi connectivity index (χ0v) is 10.7. The van der Waals surface area contributed by atoms with E-state index in [0.717, 1.165) is 5.56 Å². The fourth-order valence-corrected chi connectivity index (χ4v) is 1.86. The smallest absolute Gasteiger partial charge is 0.152 e. The van der Waals surface area contributed by atoms with E-state index in [4.69, 9.17) is 9.84 Å². The van der Waals surface area contributed by atoms with Crippen LogP contribution < -0.4 is 4.74 Å². The molecule has 1 aromatic carbocycles. The second-order valence-corrected chi connectivity index (χ2v) is 4.28. The van der Waals surface area contributed by atoms with Crippen LogP contribution in [-0.2, 0) is 13.2 Å². The lowest BCUT2D eigenvalue weighted by Gasteiger charge is -2.08. The Kier molecular flexibility index (Phi) is 4.12. The summed E-state index contributed by atoms with van der Waals surface area (Å²) in [6.07, 6.45) is 0. The number of halogens is 1. The van der Waals surface area contributed by atoms with Gasteiger partial charge in [-0.05, 0) is 33.6 Å². The Balaban J connectivity index is 2.04. The van der Waals surface area contributed by atoms with Crippen molar-refractivity contribution in [3.63, 3.8) is 0 Å². The molecule has 1 N–H and O–H groups in total. The van der Waals surface area contributed by atoms with Crippen molar-refractivity contribution in [3.8, 4) is 5.75 Å². The number of benzene rings is 1. The fraction of sp³-hybridized carbons (Fsp3) is 0.154. The van der Waals surface area contributed by atoms with Crippen molar-refractivity contribution in [2.75, 3.05) is 0 Å². The molecule has 0 spiro atoms. The van der Waals surface area contributed by atoms with Gasteiger partial charge in [-0.25, -0.2) is 4.98 Å². The summed E-state index contributed by atoms with van der Waals surface area (Å²) in [6.45, 7) is 0.428. The summed E-state index contributed by atoms with van der Waals surface area (Å²) in [5, 5.41) is 8.94. The average Bonchev–Trinajstić information content (AvgIpc) is 2.38. The maximum Gasteiger partial charge on any atom is 0.152 e. The molecule has 2 aromatic rings. The first-order valence-corrected chi connectivity index (χ1v) is 6.02. The van der Waals surface area contributed by atoms with E-state index in [2.05, 4.69) is 20.9 Å². The van der Waals surface area contributed by atoms with E-state index in [1.807, 2.05) is 30.3 Å². The molecule has 0 aliphatic heterocycles. The molecular weight excluding hydrogens is 282 g/mol. The Labute approximate surface area is 108 Å². The normalized spacial score (nSPS) is 10.2. The highest BCUT2D eigenvalue weighted by atomic mass is 79.9. The molecule has 0 amide bonds. The van der Waals surface area contributed by atoms with E-state index < -0.39 is 0 Å². The van der Waals surface area contributed by atoms with E-state index in [0.29, 0.717) is 22.7 Å². The second kappa shape index (κ2) is 5.80. The van der Waals surface area contributed by atoms with Crippen LogP contribution in [-0.4, -0.2) is 10.1 Å². The lowest BCUT2D eigenvalue weighted by Crippen LogP contribution is -1.98. The number of hydrogen-bond acceptors (Lipinski definition) is 3. The molecular formula is C13H12BrNO2. The molecule has 1 aromatic heterocycles. The van der Waals surface area contributed by atoms with Gasteiger partial charge in [-0.15, -0.1) is 0 Å². The molecule has 2 rings (SSSR count). The second-order valence-electron chi connectivity index (χ2n) is 3.52. The van der Waals surface area contributed by atoms with Crippen molar-refractivity contribution >= 4 is 15.9 Å². The number of aliphatic hydroxyl groups is 1. The van der Waals surface area contributed by atoms with Crippen molar-refractivity contribution in [2.24, 2.45) is 0 Å². The first-order valence-electron chi connectivity index (χ1n) is 5.22. The van der Waals surface area contributed by atoms with Crippen LogP contribution in [0.1, 0.15) is 11.3 Å². The molecule has 17 heavy (non-hydrogen) atoms. The Morgan fingerprint density at radius 1 is 1.12 bits per heavy atom. The molecule has 0 saturated carbocycles. The summed E-state index contributed by atoms with van der Waals surface area (Å²) < 4.78 is 6.24. The predicted octanol–water partition coefficient (Wildman–Crippen LogP) is 2.92. The van der Waals surface area contributed by atoms with Crippen LogP contribution in [0.15, 0.2) is 47.1 Å². The molecule has 0 aliphatic carbocycles. The van der Waals surface area contributed by atoms with Gasteiger partial charge in [0.2, 0.25) is 0 Å². The molecule has 4 heteroatoms. The topological polar surface area (TPSA) is 42.4 Å². The zero-order valence-electron chi connectivity index (χ0n) is 9.14. The minimum Gasteiger partial charge on any atom is -0.486 e. The van der Waals surface area contributed by atoms with Crippen LogP contribution in [0.5, 0.6) is 5.75 Å². The van der Waals surface area contributed by atoms with Gasteiger partial charge in [0.25, 0.3) is 0 Å².